The molecular formula is C24H28N4O3S. The normalized spacial score (nSPS) is 15.2. The molecule has 1 aromatic carbocycles. The predicted molar refractivity (Wildman–Crippen MR) is 126 cm³/mol. The number of benzene rings is 1. The van der Waals surface area contributed by atoms with Gasteiger partial charge in [0.2, 0.25) is 0 Å². The Morgan fingerprint density at radius 1 is 1.25 bits per heavy atom. The Bertz CT molecular complexity index is 1120. The molecule has 0 spiro atoms. The maximum atomic E-state index is 12.6. The number of methoxy groups -OCH3 is 1. The van der Waals surface area contributed by atoms with Crippen LogP contribution < -0.4 is 0 Å². The first-order chi connectivity index (χ1) is 15.5. The Hall–Kier alpha value is -2.68. The van der Waals surface area contributed by atoms with Gasteiger partial charge in [-0.2, -0.15) is 5.10 Å². The van der Waals surface area contributed by atoms with E-state index >= 15 is 0 Å². The summed E-state index contributed by atoms with van der Waals surface area (Å²) in [7, 11) is 5.30. The van der Waals surface area contributed by atoms with Gasteiger partial charge in [0.25, 0.3) is 5.91 Å². The number of carbonyl (C=O) groups excluding carboxylic acids is 2. The lowest BCUT2D eigenvalue weighted by atomic mass is 10.0. The van der Waals surface area contributed by atoms with Crippen LogP contribution in [0.2, 0.25) is 0 Å². The first-order valence-corrected chi connectivity index (χ1v) is 11.5. The highest BCUT2D eigenvalue weighted by Crippen LogP contribution is 2.36. The zero-order valence-electron chi connectivity index (χ0n) is 18.7. The standard InChI is InChI=1S/C24H28N4O3S/c1-26(2)24(30)18-4-5-21(23(15-18)32-27-10-7-20(31-3)8-11-27)17-6-12-28-22(14-17)19(9-13-29)16-25-28/h4-6,12-16,20H,7-11H2,1-3H3. The summed E-state index contributed by atoms with van der Waals surface area (Å²) in [5.74, 6) is -0.0176. The summed E-state index contributed by atoms with van der Waals surface area (Å²) in [5, 5.41) is 4.34. The minimum Gasteiger partial charge on any atom is -0.381 e. The van der Waals surface area contributed by atoms with Gasteiger partial charge in [0.05, 0.1) is 17.8 Å². The molecule has 0 radical (unpaired) electrons. The molecule has 4 rings (SSSR count). The average Bonchev–Trinajstić information content (AvgIpc) is 3.21. The minimum absolute atomic E-state index is 0.0176. The fourth-order valence-electron chi connectivity index (χ4n) is 3.97. The van der Waals surface area contributed by atoms with E-state index in [-0.39, 0.29) is 5.91 Å². The molecule has 7 nitrogen and oxygen atoms in total. The van der Waals surface area contributed by atoms with E-state index in [9.17, 15) is 9.59 Å². The van der Waals surface area contributed by atoms with E-state index in [1.54, 1.807) is 48.8 Å². The van der Waals surface area contributed by atoms with Crippen molar-refractivity contribution in [1.29, 1.82) is 0 Å². The molecule has 0 N–H and O–H groups in total. The first-order valence-electron chi connectivity index (χ1n) is 10.7. The molecule has 0 aliphatic carbocycles. The van der Waals surface area contributed by atoms with Crippen LogP contribution in [-0.4, -0.2) is 71.4 Å². The number of nitrogens with zero attached hydrogens (tertiary/aromatic N) is 4. The fraction of sp³-hybridized carbons (Fsp3) is 0.375. The maximum absolute atomic E-state index is 12.6. The molecule has 8 heteroatoms. The Kier molecular flexibility index (Phi) is 6.93. The molecule has 0 bridgehead atoms. The molecule has 0 unspecified atom stereocenters. The van der Waals surface area contributed by atoms with Crippen LogP contribution in [0.15, 0.2) is 47.6 Å². The summed E-state index contributed by atoms with van der Waals surface area (Å²) in [4.78, 5) is 26.3. The number of rotatable bonds is 7. The second-order valence-electron chi connectivity index (χ2n) is 8.15. The van der Waals surface area contributed by atoms with Crippen molar-refractivity contribution in [2.45, 2.75) is 30.3 Å². The lowest BCUT2D eigenvalue weighted by Crippen LogP contribution is -2.32. The summed E-state index contributed by atoms with van der Waals surface area (Å²) in [6, 6.07) is 9.97. The molecular weight excluding hydrogens is 424 g/mol. The van der Waals surface area contributed by atoms with Crippen molar-refractivity contribution >= 4 is 29.7 Å². The predicted octanol–water partition coefficient (Wildman–Crippen LogP) is 3.56. The van der Waals surface area contributed by atoms with Crippen molar-refractivity contribution in [3.63, 3.8) is 0 Å². The average molecular weight is 453 g/mol. The van der Waals surface area contributed by atoms with Gasteiger partial charge >= 0.3 is 0 Å². The highest BCUT2D eigenvalue weighted by molar-refractivity contribution is 7.97. The maximum Gasteiger partial charge on any atom is 0.253 e. The van der Waals surface area contributed by atoms with Crippen LogP contribution in [0.3, 0.4) is 0 Å². The van der Waals surface area contributed by atoms with Gasteiger partial charge in [0.1, 0.15) is 6.29 Å². The number of aromatic nitrogens is 2. The van der Waals surface area contributed by atoms with Gasteiger partial charge in [-0.15, -0.1) is 0 Å². The number of pyridine rings is 1. The number of ether oxygens (including phenoxy) is 1. The lowest BCUT2D eigenvalue weighted by Gasteiger charge is -2.30. The van der Waals surface area contributed by atoms with Gasteiger partial charge in [0.15, 0.2) is 0 Å². The lowest BCUT2D eigenvalue weighted by molar-refractivity contribution is -0.107. The number of aldehydes is 1. The van der Waals surface area contributed by atoms with E-state index in [2.05, 4.69) is 15.5 Å². The number of fused-ring (bicyclic) bond motifs is 1. The SMILES string of the molecule is COC1CCN(Sc2cc(C(=O)N(C)C)ccc2-c2ccn3ncc(CC=O)c3c2)CC1. The zero-order valence-corrected chi connectivity index (χ0v) is 19.5. The Morgan fingerprint density at radius 3 is 2.72 bits per heavy atom. The van der Waals surface area contributed by atoms with E-state index < -0.39 is 0 Å². The molecule has 1 fully saturated rings. The van der Waals surface area contributed by atoms with Gasteiger partial charge in [-0.1, -0.05) is 6.07 Å². The topological polar surface area (TPSA) is 67.2 Å². The molecule has 32 heavy (non-hydrogen) atoms. The molecule has 1 aliphatic rings. The van der Waals surface area contributed by atoms with Crippen LogP contribution in [0.25, 0.3) is 16.6 Å². The van der Waals surface area contributed by atoms with Crippen LogP contribution in [0.1, 0.15) is 28.8 Å². The number of carbonyl (C=O) groups is 2. The molecule has 1 saturated heterocycles. The smallest absolute Gasteiger partial charge is 0.253 e. The van der Waals surface area contributed by atoms with E-state index in [1.165, 1.54) is 0 Å². The largest absolute Gasteiger partial charge is 0.381 e. The molecule has 3 heterocycles. The third kappa shape index (κ3) is 4.72. The number of hydrogen-bond donors (Lipinski definition) is 0. The van der Waals surface area contributed by atoms with Crippen LogP contribution >= 0.6 is 11.9 Å². The summed E-state index contributed by atoms with van der Waals surface area (Å²) < 4.78 is 9.63. The van der Waals surface area contributed by atoms with E-state index in [0.29, 0.717) is 18.1 Å². The molecule has 1 amide bonds. The minimum atomic E-state index is -0.0176. The Morgan fingerprint density at radius 2 is 2.03 bits per heavy atom. The summed E-state index contributed by atoms with van der Waals surface area (Å²) in [6.07, 6.45) is 7.18. The van der Waals surface area contributed by atoms with Crippen molar-refractivity contribution in [3.05, 3.63) is 53.9 Å². The van der Waals surface area contributed by atoms with Gasteiger partial charge in [-0.25, -0.2) is 8.82 Å². The zero-order chi connectivity index (χ0) is 22.7. The van der Waals surface area contributed by atoms with Crippen molar-refractivity contribution in [1.82, 2.24) is 18.8 Å². The van der Waals surface area contributed by atoms with Crippen LogP contribution in [-0.2, 0) is 16.0 Å². The number of hydrogen-bond acceptors (Lipinski definition) is 6. The van der Waals surface area contributed by atoms with Gasteiger partial charge in [-0.3, -0.25) is 4.79 Å². The van der Waals surface area contributed by atoms with Crippen molar-refractivity contribution in [2.75, 3.05) is 34.3 Å². The van der Waals surface area contributed by atoms with Gasteiger partial charge in [-0.05, 0) is 60.2 Å². The second kappa shape index (κ2) is 9.85. The second-order valence-corrected chi connectivity index (χ2v) is 9.29. The van der Waals surface area contributed by atoms with Crippen LogP contribution in [0.4, 0.5) is 0 Å². The number of piperidine rings is 1. The van der Waals surface area contributed by atoms with E-state index in [1.807, 2.05) is 30.5 Å². The third-order valence-electron chi connectivity index (χ3n) is 5.81. The van der Waals surface area contributed by atoms with E-state index in [0.717, 1.165) is 59.3 Å². The van der Waals surface area contributed by atoms with Gasteiger partial charge < -0.3 is 14.4 Å². The number of amides is 1. The molecule has 3 aromatic rings. The first kappa shape index (κ1) is 22.5. The molecule has 1 aliphatic heterocycles. The quantitative estimate of drug-likeness (QED) is 0.403. The summed E-state index contributed by atoms with van der Waals surface area (Å²) >= 11 is 1.69. The van der Waals surface area contributed by atoms with Crippen molar-refractivity contribution in [3.8, 4) is 11.1 Å². The van der Waals surface area contributed by atoms with Crippen molar-refractivity contribution in [2.24, 2.45) is 0 Å². The third-order valence-corrected chi connectivity index (χ3v) is 6.97. The van der Waals surface area contributed by atoms with Crippen molar-refractivity contribution < 1.29 is 14.3 Å². The Balaban J connectivity index is 1.72. The summed E-state index contributed by atoms with van der Waals surface area (Å²) in [6.45, 7) is 1.86. The molecule has 0 saturated carbocycles. The van der Waals surface area contributed by atoms with Crippen LogP contribution in [0.5, 0.6) is 0 Å². The fourth-order valence-corrected chi connectivity index (χ4v) is 5.11. The highest BCUT2D eigenvalue weighted by Gasteiger charge is 2.22. The molecule has 0 atom stereocenters. The van der Waals surface area contributed by atoms with Crippen LogP contribution in [0, 0.1) is 0 Å². The van der Waals surface area contributed by atoms with E-state index in [4.69, 9.17) is 4.74 Å². The monoisotopic (exact) mass is 452 g/mol. The summed E-state index contributed by atoms with van der Waals surface area (Å²) in [5.41, 5.74) is 4.57. The molecule has 2 aromatic heterocycles. The molecule has 168 valence electrons. The Labute approximate surface area is 192 Å². The highest BCUT2D eigenvalue weighted by atomic mass is 32.2. The van der Waals surface area contributed by atoms with Gasteiger partial charge in [0, 0.05) is 62.9 Å².